The molecule has 0 aliphatic carbocycles. The predicted octanol–water partition coefficient (Wildman–Crippen LogP) is 1.11. The topological polar surface area (TPSA) is 94.4 Å². The molecule has 1 aliphatic rings. The van der Waals surface area contributed by atoms with Crippen LogP contribution in [-0.2, 0) is 9.84 Å². The Morgan fingerprint density at radius 1 is 1.35 bits per heavy atom. The first kappa shape index (κ1) is 15.5. The van der Waals surface area contributed by atoms with E-state index >= 15 is 0 Å². The van der Waals surface area contributed by atoms with Gasteiger partial charge >= 0.3 is 6.03 Å². The fourth-order valence-corrected chi connectivity index (χ4v) is 4.02. The lowest BCUT2D eigenvalue weighted by Gasteiger charge is -2.24. The summed E-state index contributed by atoms with van der Waals surface area (Å²) in [7, 11) is -0.711. The highest BCUT2D eigenvalue weighted by Crippen LogP contribution is 2.38. The zero-order chi connectivity index (χ0) is 16.6. The fourth-order valence-electron chi connectivity index (χ4n) is 2.43. The van der Waals surface area contributed by atoms with E-state index in [2.05, 4.69) is 10.1 Å². The average Bonchev–Trinajstić information content (AvgIpc) is 3.04. The number of fused-ring (bicyclic) bond motifs is 1. The monoisotopic (exact) mass is 336 g/mol. The lowest BCUT2D eigenvalue weighted by atomic mass is 10.1. The minimum absolute atomic E-state index is 0.304. The maximum absolute atomic E-state index is 12.8. The van der Waals surface area contributed by atoms with Crippen molar-refractivity contribution in [1.82, 2.24) is 19.7 Å². The fraction of sp³-hybridized carbons (Fsp3) is 0.357. The van der Waals surface area contributed by atoms with Gasteiger partial charge in [0.1, 0.15) is 17.3 Å². The van der Waals surface area contributed by atoms with Crippen LogP contribution in [0.25, 0.3) is 0 Å². The quantitative estimate of drug-likeness (QED) is 0.815. The molecule has 2 aromatic rings. The summed E-state index contributed by atoms with van der Waals surface area (Å²) < 4.78 is 32.1. The Balaban J connectivity index is 1.99. The van der Waals surface area contributed by atoms with Crippen molar-refractivity contribution in [3.8, 4) is 5.75 Å². The molecule has 1 atom stereocenters. The maximum atomic E-state index is 12.8. The highest BCUT2D eigenvalue weighted by Gasteiger charge is 2.36. The molecule has 0 bridgehead atoms. The van der Waals surface area contributed by atoms with Gasteiger partial charge in [-0.3, -0.25) is 0 Å². The number of ether oxygens (including phenoxy) is 1. The van der Waals surface area contributed by atoms with Crippen LogP contribution >= 0.6 is 0 Å². The van der Waals surface area contributed by atoms with Crippen LogP contribution < -0.4 is 4.74 Å². The SMILES string of the molecule is CN(C)C(=O)n1cnc(S(=O)(=O)C2CCOc3ccccc32)n1. The first-order valence-electron chi connectivity index (χ1n) is 7.00. The van der Waals surface area contributed by atoms with E-state index in [1.165, 1.54) is 4.90 Å². The van der Waals surface area contributed by atoms with Gasteiger partial charge in [-0.25, -0.2) is 18.2 Å². The molecule has 0 saturated heterocycles. The molecule has 9 heteroatoms. The summed E-state index contributed by atoms with van der Waals surface area (Å²) in [4.78, 5) is 16.9. The van der Waals surface area contributed by atoms with Gasteiger partial charge in [0.15, 0.2) is 0 Å². The summed E-state index contributed by atoms with van der Waals surface area (Å²) in [5.41, 5.74) is 0.592. The van der Waals surface area contributed by atoms with Crippen molar-refractivity contribution >= 4 is 15.9 Å². The molecular weight excluding hydrogens is 320 g/mol. The Labute approximate surface area is 133 Å². The number of para-hydroxylation sites is 1. The molecule has 1 unspecified atom stereocenters. The Hall–Kier alpha value is -2.42. The van der Waals surface area contributed by atoms with Gasteiger partial charge in [0.05, 0.1) is 6.61 Å². The molecule has 0 radical (unpaired) electrons. The average molecular weight is 336 g/mol. The van der Waals surface area contributed by atoms with Crippen molar-refractivity contribution in [2.24, 2.45) is 0 Å². The third-order valence-corrected chi connectivity index (χ3v) is 5.52. The number of amides is 1. The molecule has 0 N–H and O–H groups in total. The van der Waals surface area contributed by atoms with Gasteiger partial charge in [-0.1, -0.05) is 18.2 Å². The summed E-state index contributed by atoms with van der Waals surface area (Å²) in [6.45, 7) is 0.304. The summed E-state index contributed by atoms with van der Waals surface area (Å²) in [5, 5.41) is 2.70. The number of aromatic nitrogens is 3. The molecule has 0 fully saturated rings. The second-order valence-corrected chi connectivity index (χ2v) is 7.38. The van der Waals surface area contributed by atoms with Gasteiger partial charge in [0.25, 0.3) is 5.16 Å². The van der Waals surface area contributed by atoms with Gasteiger partial charge in [0, 0.05) is 26.1 Å². The van der Waals surface area contributed by atoms with Gasteiger partial charge in [-0.2, -0.15) is 4.68 Å². The minimum atomic E-state index is -3.81. The van der Waals surface area contributed by atoms with Crippen molar-refractivity contribution in [1.29, 1.82) is 0 Å². The summed E-state index contributed by atoms with van der Waals surface area (Å²) in [6, 6.07) is 6.54. The van der Waals surface area contributed by atoms with Crippen LogP contribution in [0.4, 0.5) is 4.79 Å². The number of rotatable bonds is 2. The number of hydrogen-bond donors (Lipinski definition) is 0. The van der Waals surface area contributed by atoms with Crippen molar-refractivity contribution in [3.05, 3.63) is 36.2 Å². The number of benzene rings is 1. The highest BCUT2D eigenvalue weighted by molar-refractivity contribution is 7.91. The van der Waals surface area contributed by atoms with Gasteiger partial charge in [0.2, 0.25) is 9.84 Å². The van der Waals surface area contributed by atoms with E-state index in [4.69, 9.17) is 4.74 Å². The lowest BCUT2D eigenvalue weighted by molar-refractivity contribution is 0.215. The van der Waals surface area contributed by atoms with E-state index in [1.54, 1.807) is 38.4 Å². The summed E-state index contributed by atoms with van der Waals surface area (Å²) >= 11 is 0. The third kappa shape index (κ3) is 2.67. The van der Waals surface area contributed by atoms with Gasteiger partial charge in [-0.05, 0) is 6.07 Å². The first-order valence-corrected chi connectivity index (χ1v) is 8.55. The van der Waals surface area contributed by atoms with Crippen LogP contribution in [0.2, 0.25) is 0 Å². The van der Waals surface area contributed by atoms with E-state index in [9.17, 15) is 13.2 Å². The van der Waals surface area contributed by atoms with Crippen molar-refractivity contribution < 1.29 is 17.9 Å². The number of hydrogen-bond acceptors (Lipinski definition) is 6. The molecule has 8 nitrogen and oxygen atoms in total. The second kappa shape index (κ2) is 5.65. The van der Waals surface area contributed by atoms with Crippen LogP contribution in [0.15, 0.2) is 35.7 Å². The largest absolute Gasteiger partial charge is 0.493 e. The van der Waals surface area contributed by atoms with Crippen LogP contribution in [-0.4, -0.2) is 54.8 Å². The molecule has 1 amide bonds. The molecule has 3 rings (SSSR count). The maximum Gasteiger partial charge on any atom is 0.345 e. The standard InChI is InChI=1S/C14H16N4O4S/c1-17(2)14(19)18-9-15-13(16-18)23(20,21)12-7-8-22-11-6-4-3-5-10(11)12/h3-6,9,12H,7-8H2,1-2H3. The Morgan fingerprint density at radius 2 is 2.09 bits per heavy atom. The molecule has 1 aromatic heterocycles. The van der Waals surface area contributed by atoms with Crippen LogP contribution in [0, 0.1) is 0 Å². The predicted molar refractivity (Wildman–Crippen MR) is 81.0 cm³/mol. The minimum Gasteiger partial charge on any atom is -0.493 e. The summed E-state index contributed by atoms with van der Waals surface area (Å²) in [6.07, 6.45) is 1.43. The van der Waals surface area contributed by atoms with Gasteiger partial charge < -0.3 is 9.64 Å². The Bertz CT molecular complexity index is 844. The van der Waals surface area contributed by atoms with Crippen molar-refractivity contribution in [3.63, 3.8) is 0 Å². The number of sulfone groups is 1. The number of carbonyl (C=O) groups is 1. The summed E-state index contributed by atoms with van der Waals surface area (Å²) in [5.74, 6) is 0.552. The van der Waals surface area contributed by atoms with Crippen LogP contribution in [0.1, 0.15) is 17.2 Å². The molecule has 23 heavy (non-hydrogen) atoms. The van der Waals surface area contributed by atoms with E-state index < -0.39 is 21.1 Å². The van der Waals surface area contributed by atoms with Gasteiger partial charge in [-0.15, -0.1) is 5.10 Å². The molecule has 0 saturated carbocycles. The van der Waals surface area contributed by atoms with Crippen LogP contribution in [0.5, 0.6) is 5.75 Å². The van der Waals surface area contributed by atoms with E-state index in [-0.39, 0.29) is 5.16 Å². The molecule has 122 valence electrons. The lowest BCUT2D eigenvalue weighted by Crippen LogP contribution is -2.28. The molecule has 1 aromatic carbocycles. The Morgan fingerprint density at radius 3 is 2.83 bits per heavy atom. The van der Waals surface area contributed by atoms with Crippen LogP contribution in [0.3, 0.4) is 0 Å². The van der Waals surface area contributed by atoms with E-state index in [0.29, 0.717) is 24.3 Å². The zero-order valence-electron chi connectivity index (χ0n) is 12.7. The molecule has 2 heterocycles. The highest BCUT2D eigenvalue weighted by atomic mass is 32.2. The first-order chi connectivity index (χ1) is 10.9. The normalized spacial score (nSPS) is 17.2. The van der Waals surface area contributed by atoms with E-state index in [1.807, 2.05) is 0 Å². The smallest absolute Gasteiger partial charge is 0.345 e. The molecule has 0 spiro atoms. The number of carbonyl (C=O) groups excluding carboxylic acids is 1. The van der Waals surface area contributed by atoms with Crippen molar-refractivity contribution in [2.75, 3.05) is 20.7 Å². The second-order valence-electron chi connectivity index (χ2n) is 5.36. The molecule has 1 aliphatic heterocycles. The zero-order valence-corrected chi connectivity index (χ0v) is 13.5. The number of nitrogens with zero attached hydrogens (tertiary/aromatic N) is 4. The van der Waals surface area contributed by atoms with E-state index in [0.717, 1.165) is 11.0 Å². The van der Waals surface area contributed by atoms with Crippen molar-refractivity contribution in [2.45, 2.75) is 16.8 Å². The third-order valence-electron chi connectivity index (χ3n) is 3.58. The Kier molecular flexibility index (Phi) is 3.80. The molecular formula is C14H16N4O4S.